The van der Waals surface area contributed by atoms with E-state index in [4.69, 9.17) is 0 Å². The average molecular weight is 299 g/mol. The fourth-order valence-corrected chi connectivity index (χ4v) is 5.56. The molecule has 0 nitrogen and oxygen atoms in total. The van der Waals surface area contributed by atoms with Crippen LogP contribution in [0.15, 0.2) is 16.8 Å². The van der Waals surface area contributed by atoms with E-state index in [2.05, 4.69) is 23.8 Å². The predicted octanol–water partition coefficient (Wildman–Crippen LogP) is 4.86. The van der Waals surface area contributed by atoms with Crippen molar-refractivity contribution in [3.8, 4) is 0 Å². The third-order valence-electron chi connectivity index (χ3n) is 2.99. The van der Waals surface area contributed by atoms with Crippen molar-refractivity contribution in [2.75, 3.05) is 0 Å². The summed E-state index contributed by atoms with van der Waals surface area (Å²) in [4.78, 5) is 0. The third-order valence-corrected chi connectivity index (χ3v) is 6.52. The number of hydrogen-bond acceptors (Lipinski definition) is 1. The van der Waals surface area contributed by atoms with Gasteiger partial charge in [-0.05, 0) is 0 Å². The number of thiophene rings is 1. The zero-order valence-corrected chi connectivity index (χ0v) is 12.5. The molecule has 0 radical (unpaired) electrons. The van der Waals surface area contributed by atoms with Gasteiger partial charge in [0.1, 0.15) is 0 Å². The first-order valence-corrected chi connectivity index (χ1v) is 9.00. The van der Waals surface area contributed by atoms with E-state index in [9.17, 15) is 0 Å². The Kier molecular flexibility index (Phi) is 5.15. The summed E-state index contributed by atoms with van der Waals surface area (Å²) in [5.74, 6) is 0. The van der Waals surface area contributed by atoms with Gasteiger partial charge >= 0.3 is 109 Å². The first-order chi connectivity index (χ1) is 7.90. The maximum absolute atomic E-state index is 2.44. The van der Waals surface area contributed by atoms with Crippen LogP contribution in [0.2, 0.25) is 0 Å². The van der Waals surface area contributed by atoms with Crippen molar-refractivity contribution in [3.05, 3.63) is 21.3 Å². The molecule has 0 saturated carbocycles. The molecule has 2 rings (SSSR count). The topological polar surface area (TPSA) is 0 Å². The number of fused-ring (bicyclic) bond motifs is 1. The van der Waals surface area contributed by atoms with E-state index < -0.39 is 0 Å². The van der Waals surface area contributed by atoms with E-state index in [1.807, 2.05) is 11.3 Å². The monoisotopic (exact) mass is 300 g/mol. The molecular weight excluding hydrogens is 279 g/mol. The molecule has 0 aromatic carbocycles. The van der Waals surface area contributed by atoms with E-state index >= 15 is 0 Å². The molecule has 0 unspecified atom stereocenters. The van der Waals surface area contributed by atoms with Crippen LogP contribution in [0.25, 0.3) is 9.65 Å². The first-order valence-electron chi connectivity index (χ1n) is 6.35. The van der Waals surface area contributed by atoms with Crippen molar-refractivity contribution in [2.45, 2.75) is 51.9 Å². The van der Waals surface area contributed by atoms with Crippen LogP contribution in [0.1, 0.15) is 49.9 Å². The van der Waals surface area contributed by atoms with Gasteiger partial charge in [-0.2, -0.15) is 0 Å². The van der Waals surface area contributed by atoms with E-state index in [0.29, 0.717) is 14.5 Å². The van der Waals surface area contributed by atoms with E-state index in [0.717, 1.165) is 0 Å². The van der Waals surface area contributed by atoms with Gasteiger partial charge in [0, 0.05) is 0 Å². The molecule has 2 heterocycles. The molecule has 0 fully saturated rings. The second-order valence-corrected chi connectivity index (χ2v) is 7.62. The summed E-state index contributed by atoms with van der Waals surface area (Å²) in [6.07, 6.45) is 9.84. The molecule has 0 spiro atoms. The van der Waals surface area contributed by atoms with Gasteiger partial charge in [-0.3, -0.25) is 0 Å². The molecule has 88 valence electrons. The van der Waals surface area contributed by atoms with Crippen molar-refractivity contribution in [1.82, 2.24) is 0 Å². The second kappa shape index (κ2) is 6.64. The summed E-state index contributed by atoms with van der Waals surface area (Å²) >= 11 is 2.52. The van der Waals surface area contributed by atoms with E-state index in [1.165, 1.54) is 50.3 Å². The molecular formula is C14H20SSe. The van der Waals surface area contributed by atoms with Crippen molar-refractivity contribution in [2.24, 2.45) is 0 Å². The number of rotatable bonds is 7. The summed E-state index contributed by atoms with van der Waals surface area (Å²) < 4.78 is 3.35. The Bertz CT molecular complexity index is 384. The minimum absolute atomic E-state index is 0.665. The van der Waals surface area contributed by atoms with Crippen LogP contribution < -0.4 is 0 Å². The van der Waals surface area contributed by atoms with Gasteiger partial charge in [0.15, 0.2) is 0 Å². The molecule has 0 aliphatic rings. The van der Waals surface area contributed by atoms with Crippen LogP contribution >= 0.6 is 11.3 Å². The quantitative estimate of drug-likeness (QED) is 0.506. The van der Waals surface area contributed by atoms with Crippen LogP contribution in [-0.2, 0) is 6.42 Å². The molecule has 0 atom stereocenters. The first kappa shape index (κ1) is 12.4. The fraction of sp³-hybridized carbons (Fsp3) is 0.571. The summed E-state index contributed by atoms with van der Waals surface area (Å²) in [6, 6.07) is 2.44. The number of unbranched alkanes of at least 4 members (excludes halogenated alkanes) is 5. The molecule has 2 aromatic heterocycles. The Morgan fingerprint density at radius 3 is 2.69 bits per heavy atom. The van der Waals surface area contributed by atoms with Crippen LogP contribution in [-0.4, -0.2) is 14.5 Å². The molecule has 0 aliphatic heterocycles. The van der Waals surface area contributed by atoms with Gasteiger partial charge in [0.05, 0.1) is 0 Å². The van der Waals surface area contributed by atoms with Crippen molar-refractivity contribution >= 4 is 35.5 Å². The van der Waals surface area contributed by atoms with Crippen LogP contribution in [0.5, 0.6) is 0 Å². The summed E-state index contributed by atoms with van der Waals surface area (Å²) in [6.45, 7) is 2.28. The van der Waals surface area contributed by atoms with Gasteiger partial charge in [-0.15, -0.1) is 0 Å². The summed E-state index contributed by atoms with van der Waals surface area (Å²) in [5.41, 5.74) is 0. The van der Waals surface area contributed by atoms with Crippen molar-refractivity contribution in [3.63, 3.8) is 0 Å². The molecule has 16 heavy (non-hydrogen) atoms. The Balaban J connectivity index is 1.68. The number of aryl methyl sites for hydroxylation is 1. The molecule has 0 N–H and O–H groups in total. The zero-order chi connectivity index (χ0) is 11.2. The van der Waals surface area contributed by atoms with E-state index in [-0.39, 0.29) is 0 Å². The molecule has 2 aromatic rings. The zero-order valence-electron chi connectivity index (χ0n) is 10.00. The third kappa shape index (κ3) is 3.48. The van der Waals surface area contributed by atoms with Crippen LogP contribution in [0, 0.1) is 0 Å². The van der Waals surface area contributed by atoms with Gasteiger partial charge in [0.25, 0.3) is 0 Å². The molecule has 0 amide bonds. The fourth-order valence-electron chi connectivity index (χ4n) is 2.03. The van der Waals surface area contributed by atoms with Gasteiger partial charge < -0.3 is 0 Å². The minimum atomic E-state index is 0.665. The van der Waals surface area contributed by atoms with Crippen LogP contribution in [0.4, 0.5) is 0 Å². The summed E-state index contributed by atoms with van der Waals surface area (Å²) in [7, 11) is 0. The summed E-state index contributed by atoms with van der Waals surface area (Å²) in [5, 5.41) is 6.15. The molecule has 0 aliphatic carbocycles. The Hall–Kier alpha value is -0.0405. The predicted molar refractivity (Wildman–Crippen MR) is 75.8 cm³/mol. The maximum atomic E-state index is 2.44. The normalized spacial score (nSPS) is 11.3. The van der Waals surface area contributed by atoms with E-state index in [1.54, 1.807) is 8.70 Å². The van der Waals surface area contributed by atoms with Gasteiger partial charge in [-0.1, -0.05) is 0 Å². The molecule has 0 saturated heterocycles. The Labute approximate surface area is 108 Å². The Morgan fingerprint density at radius 2 is 1.88 bits per heavy atom. The Morgan fingerprint density at radius 1 is 1.06 bits per heavy atom. The van der Waals surface area contributed by atoms with Gasteiger partial charge in [-0.25, -0.2) is 0 Å². The van der Waals surface area contributed by atoms with Crippen molar-refractivity contribution < 1.29 is 0 Å². The van der Waals surface area contributed by atoms with Crippen molar-refractivity contribution in [1.29, 1.82) is 0 Å². The van der Waals surface area contributed by atoms with Crippen LogP contribution in [0.3, 0.4) is 0 Å². The van der Waals surface area contributed by atoms with Gasteiger partial charge in [0.2, 0.25) is 0 Å². The second-order valence-electron chi connectivity index (χ2n) is 4.42. The number of hydrogen-bond donors (Lipinski definition) is 0. The average Bonchev–Trinajstić information content (AvgIpc) is 2.83. The molecule has 0 bridgehead atoms. The SMILES string of the molecule is CCCCCCCCc1cc2cscc2[se]1. The molecule has 2 heteroatoms. The standard InChI is InChI=1S/C14H20SSe/c1-2-3-4-5-6-7-8-13-9-12-10-15-11-14(12)16-13/h9-11H,2-8H2,1H3.